The summed E-state index contributed by atoms with van der Waals surface area (Å²) in [5.41, 5.74) is 1.84. The van der Waals surface area contributed by atoms with E-state index in [9.17, 15) is 4.79 Å². The molecule has 0 bridgehead atoms. The Hall–Kier alpha value is -3.72. The molecule has 0 aliphatic heterocycles. The van der Waals surface area contributed by atoms with Gasteiger partial charge in [-0.2, -0.15) is 5.26 Å². The monoisotopic (exact) mass is 371 g/mol. The molecule has 1 heterocycles. The second-order valence-corrected chi connectivity index (χ2v) is 7.35. The molecule has 0 atom stereocenters. The number of amides is 1. The highest BCUT2D eigenvalue weighted by atomic mass is 16.1. The van der Waals surface area contributed by atoms with Crippen LogP contribution in [0.4, 0.5) is 11.5 Å². The summed E-state index contributed by atoms with van der Waals surface area (Å²) in [7, 11) is 0. The first-order valence-corrected chi connectivity index (χ1v) is 8.88. The number of hydrogen-bond donors (Lipinski definition) is 2. The van der Waals surface area contributed by atoms with E-state index in [0.717, 1.165) is 5.56 Å². The largest absolute Gasteiger partial charge is 0.365 e. The number of nitrogens with zero attached hydrogens (tertiary/aromatic N) is 3. The Morgan fingerprint density at radius 1 is 1.00 bits per heavy atom. The van der Waals surface area contributed by atoms with Gasteiger partial charge in [-0.05, 0) is 39.0 Å². The molecule has 2 N–H and O–H groups in total. The maximum absolute atomic E-state index is 12.8. The van der Waals surface area contributed by atoms with Crippen LogP contribution in [0.2, 0.25) is 0 Å². The zero-order valence-electron chi connectivity index (χ0n) is 16.0. The maximum Gasteiger partial charge on any atom is 0.274 e. The molecule has 28 heavy (non-hydrogen) atoms. The quantitative estimate of drug-likeness (QED) is 0.706. The highest BCUT2D eigenvalue weighted by Crippen LogP contribution is 2.21. The van der Waals surface area contributed by atoms with Crippen LogP contribution in [0, 0.1) is 11.3 Å². The molecular formula is C22H21N5O. The van der Waals surface area contributed by atoms with E-state index in [1.807, 2.05) is 51.1 Å². The second kappa shape index (κ2) is 7.89. The molecule has 1 aromatic heterocycles. The molecule has 6 heteroatoms. The van der Waals surface area contributed by atoms with Gasteiger partial charge in [-0.3, -0.25) is 4.79 Å². The Morgan fingerprint density at radius 3 is 2.43 bits per heavy atom. The molecule has 0 saturated heterocycles. The van der Waals surface area contributed by atoms with E-state index in [2.05, 4.69) is 26.7 Å². The molecule has 3 rings (SSSR count). The summed E-state index contributed by atoms with van der Waals surface area (Å²) in [6.07, 6.45) is 0. The average molecular weight is 371 g/mol. The first-order valence-electron chi connectivity index (χ1n) is 8.88. The molecule has 2 aromatic carbocycles. The topological polar surface area (TPSA) is 90.7 Å². The van der Waals surface area contributed by atoms with Crippen LogP contribution in [-0.2, 0) is 0 Å². The molecule has 0 radical (unpaired) electrons. The second-order valence-electron chi connectivity index (χ2n) is 7.35. The van der Waals surface area contributed by atoms with Crippen molar-refractivity contribution in [2.75, 3.05) is 10.6 Å². The number of carbonyl (C=O) groups excluding carboxylic acids is 1. The lowest BCUT2D eigenvalue weighted by atomic mass is 10.1. The van der Waals surface area contributed by atoms with Crippen molar-refractivity contribution in [3.8, 4) is 17.5 Å². The third-order valence-electron chi connectivity index (χ3n) is 3.74. The van der Waals surface area contributed by atoms with Crippen LogP contribution in [-0.4, -0.2) is 21.4 Å². The molecule has 140 valence electrons. The summed E-state index contributed by atoms with van der Waals surface area (Å²) in [5.74, 6) is 0.662. The van der Waals surface area contributed by atoms with Crippen molar-refractivity contribution in [3.05, 3.63) is 71.9 Å². The zero-order valence-corrected chi connectivity index (χ0v) is 16.0. The number of aromatic nitrogens is 2. The summed E-state index contributed by atoms with van der Waals surface area (Å²) < 4.78 is 0. The van der Waals surface area contributed by atoms with Crippen molar-refractivity contribution in [2.24, 2.45) is 0 Å². The van der Waals surface area contributed by atoms with E-state index in [0.29, 0.717) is 22.9 Å². The summed E-state index contributed by atoms with van der Waals surface area (Å²) in [4.78, 5) is 21.8. The van der Waals surface area contributed by atoms with Gasteiger partial charge in [-0.15, -0.1) is 0 Å². The minimum absolute atomic E-state index is 0.225. The van der Waals surface area contributed by atoms with Crippen LogP contribution in [0.15, 0.2) is 60.7 Å². The molecule has 0 aliphatic rings. The van der Waals surface area contributed by atoms with Crippen molar-refractivity contribution in [3.63, 3.8) is 0 Å². The number of nitriles is 1. The fraction of sp³-hybridized carbons (Fsp3) is 0.182. The number of anilines is 2. The Kier molecular flexibility index (Phi) is 5.37. The van der Waals surface area contributed by atoms with Crippen LogP contribution in [0.5, 0.6) is 0 Å². The lowest BCUT2D eigenvalue weighted by Crippen LogP contribution is -2.27. The number of benzene rings is 2. The zero-order chi connectivity index (χ0) is 20.1. The Balaban J connectivity index is 1.97. The van der Waals surface area contributed by atoms with Crippen LogP contribution in [0.3, 0.4) is 0 Å². The van der Waals surface area contributed by atoms with Gasteiger partial charge >= 0.3 is 0 Å². The molecule has 1 amide bonds. The predicted octanol–water partition coefficient (Wildman–Crippen LogP) is 4.48. The Morgan fingerprint density at radius 2 is 1.75 bits per heavy atom. The number of rotatable bonds is 4. The van der Waals surface area contributed by atoms with Gasteiger partial charge in [0.15, 0.2) is 5.82 Å². The smallest absolute Gasteiger partial charge is 0.274 e. The van der Waals surface area contributed by atoms with Gasteiger partial charge < -0.3 is 10.6 Å². The third-order valence-corrected chi connectivity index (χ3v) is 3.74. The van der Waals surface area contributed by atoms with Gasteiger partial charge in [0.25, 0.3) is 5.91 Å². The number of hydrogen-bond acceptors (Lipinski definition) is 5. The van der Waals surface area contributed by atoms with Crippen molar-refractivity contribution >= 4 is 17.4 Å². The minimum atomic E-state index is -0.369. The SMILES string of the molecule is CC(C)(C)Nc1cc(C(=O)Nc2cccc(C#N)c2)nc(-c2ccccc2)n1. The number of carbonyl (C=O) groups is 1. The molecule has 0 unspecified atom stereocenters. The van der Waals surface area contributed by atoms with Crippen LogP contribution < -0.4 is 10.6 Å². The van der Waals surface area contributed by atoms with E-state index in [1.54, 1.807) is 30.3 Å². The molecular weight excluding hydrogens is 350 g/mol. The summed E-state index contributed by atoms with van der Waals surface area (Å²) in [5, 5.41) is 15.1. The van der Waals surface area contributed by atoms with Crippen molar-refractivity contribution in [1.29, 1.82) is 5.26 Å². The molecule has 0 spiro atoms. The van der Waals surface area contributed by atoms with E-state index < -0.39 is 0 Å². The summed E-state index contributed by atoms with van der Waals surface area (Å²) in [6.45, 7) is 6.05. The van der Waals surface area contributed by atoms with Gasteiger partial charge in [-0.25, -0.2) is 9.97 Å². The van der Waals surface area contributed by atoms with Gasteiger partial charge in [0.2, 0.25) is 0 Å². The van der Waals surface area contributed by atoms with Gasteiger partial charge in [0, 0.05) is 22.9 Å². The molecule has 0 aliphatic carbocycles. The Bertz CT molecular complexity index is 1030. The molecule has 0 fully saturated rings. The first-order chi connectivity index (χ1) is 13.3. The van der Waals surface area contributed by atoms with Crippen molar-refractivity contribution < 1.29 is 4.79 Å². The van der Waals surface area contributed by atoms with Crippen LogP contribution in [0.25, 0.3) is 11.4 Å². The van der Waals surface area contributed by atoms with Crippen LogP contribution in [0.1, 0.15) is 36.8 Å². The average Bonchev–Trinajstić information content (AvgIpc) is 2.67. The lowest BCUT2D eigenvalue weighted by Gasteiger charge is -2.22. The van der Waals surface area contributed by atoms with Crippen molar-refractivity contribution in [2.45, 2.75) is 26.3 Å². The molecule has 6 nitrogen and oxygen atoms in total. The fourth-order valence-electron chi connectivity index (χ4n) is 2.59. The first kappa shape index (κ1) is 19.1. The van der Waals surface area contributed by atoms with Crippen molar-refractivity contribution in [1.82, 2.24) is 9.97 Å². The van der Waals surface area contributed by atoms with E-state index in [1.165, 1.54) is 0 Å². The lowest BCUT2D eigenvalue weighted by molar-refractivity contribution is 0.102. The standard InChI is InChI=1S/C22H21N5O/c1-22(2,3)27-19-13-18(25-20(26-19)16-9-5-4-6-10-16)21(28)24-17-11-7-8-15(12-17)14-23/h4-13H,1-3H3,(H,24,28)(H,25,26,27). The summed E-state index contributed by atoms with van der Waals surface area (Å²) in [6, 6.07) is 19.9. The van der Waals surface area contributed by atoms with Gasteiger partial charge in [0.1, 0.15) is 11.5 Å². The van der Waals surface area contributed by atoms with E-state index in [-0.39, 0.29) is 17.1 Å². The van der Waals surface area contributed by atoms with Gasteiger partial charge in [0.05, 0.1) is 11.6 Å². The highest BCUT2D eigenvalue weighted by molar-refractivity contribution is 6.03. The number of nitrogens with one attached hydrogen (secondary N) is 2. The predicted molar refractivity (Wildman–Crippen MR) is 110 cm³/mol. The van der Waals surface area contributed by atoms with E-state index >= 15 is 0 Å². The van der Waals surface area contributed by atoms with Gasteiger partial charge in [-0.1, -0.05) is 36.4 Å². The fourth-order valence-corrected chi connectivity index (χ4v) is 2.59. The van der Waals surface area contributed by atoms with Crippen LogP contribution >= 0.6 is 0 Å². The Labute approximate surface area is 164 Å². The summed E-state index contributed by atoms with van der Waals surface area (Å²) >= 11 is 0. The normalized spacial score (nSPS) is 10.8. The minimum Gasteiger partial charge on any atom is -0.365 e. The third kappa shape index (κ3) is 4.92. The molecule has 3 aromatic rings. The molecule has 0 saturated carbocycles. The highest BCUT2D eigenvalue weighted by Gasteiger charge is 2.17. The maximum atomic E-state index is 12.8. The van der Waals surface area contributed by atoms with E-state index in [4.69, 9.17) is 5.26 Å².